The van der Waals surface area contributed by atoms with Gasteiger partial charge >= 0.3 is 12.1 Å². The fraction of sp³-hybridized carbons (Fsp3) is 0.541. The van der Waals surface area contributed by atoms with Crippen molar-refractivity contribution in [3.05, 3.63) is 60.2 Å². The van der Waals surface area contributed by atoms with Crippen molar-refractivity contribution in [1.82, 2.24) is 20.3 Å². The van der Waals surface area contributed by atoms with Crippen LogP contribution in [0.15, 0.2) is 54.6 Å². The molecule has 5 atom stereocenters. The number of allylic oxidation sites excluding steroid dienone is 1. The maximum atomic E-state index is 14.3. The molecule has 0 spiro atoms. The second-order valence-corrected chi connectivity index (χ2v) is 17.0. The van der Waals surface area contributed by atoms with Crippen molar-refractivity contribution in [2.45, 2.75) is 113 Å². The Kier molecular flexibility index (Phi) is 10.2. The van der Waals surface area contributed by atoms with E-state index in [1.807, 2.05) is 42.5 Å². The summed E-state index contributed by atoms with van der Waals surface area (Å²) in [6.07, 6.45) is 6.19. The van der Waals surface area contributed by atoms with Crippen LogP contribution in [0, 0.1) is 5.92 Å². The number of nitrogens with one attached hydrogen (secondary N) is 3. The zero-order chi connectivity index (χ0) is 36.6. The largest absolute Gasteiger partial charge is 0.457 e. The summed E-state index contributed by atoms with van der Waals surface area (Å²) in [7, 11) is -3.90. The maximum absolute atomic E-state index is 14.3. The molecule has 2 aliphatic carbocycles. The highest BCUT2D eigenvalue weighted by molar-refractivity contribution is 7.91. The van der Waals surface area contributed by atoms with E-state index >= 15 is 0 Å². The summed E-state index contributed by atoms with van der Waals surface area (Å²) in [4.78, 5) is 69.6. The number of hydrogen-bond acceptors (Lipinski definition) is 9. The van der Waals surface area contributed by atoms with Gasteiger partial charge in [-0.25, -0.2) is 18.0 Å². The Hall–Kier alpha value is -4.46. The van der Waals surface area contributed by atoms with E-state index in [0.29, 0.717) is 31.2 Å². The fourth-order valence-corrected chi connectivity index (χ4v) is 8.20. The molecule has 4 aliphatic rings. The predicted octanol–water partition coefficient (Wildman–Crippen LogP) is 3.86. The van der Waals surface area contributed by atoms with Gasteiger partial charge in [-0.15, -0.1) is 0 Å². The number of sulfonamides is 1. The van der Waals surface area contributed by atoms with Gasteiger partial charge < -0.3 is 25.0 Å². The smallest absolute Gasteiger partial charge is 0.408 e. The molecule has 2 aromatic rings. The molecule has 3 fully saturated rings. The molecule has 4 amide bonds. The van der Waals surface area contributed by atoms with E-state index in [9.17, 15) is 32.4 Å². The molecular weight excluding hydrogens is 676 g/mol. The van der Waals surface area contributed by atoms with Gasteiger partial charge in [-0.2, -0.15) is 0 Å². The Morgan fingerprint density at radius 2 is 1.73 bits per heavy atom. The molecule has 2 aromatic carbocycles. The lowest BCUT2D eigenvalue weighted by Gasteiger charge is -2.30. The first-order valence-corrected chi connectivity index (χ1v) is 19.2. The van der Waals surface area contributed by atoms with Crippen LogP contribution in [0.4, 0.5) is 4.79 Å². The van der Waals surface area contributed by atoms with Crippen LogP contribution in [0.2, 0.25) is 0 Å². The average Bonchev–Trinajstić information content (AvgIpc) is 3.99. The topological polar surface area (TPSA) is 177 Å². The third-order valence-corrected chi connectivity index (χ3v) is 11.6. The summed E-state index contributed by atoms with van der Waals surface area (Å²) in [6, 6.07) is 10.5. The molecule has 6 rings (SSSR count). The predicted molar refractivity (Wildman–Crippen MR) is 188 cm³/mol. The Morgan fingerprint density at radius 3 is 2.45 bits per heavy atom. The molecule has 0 radical (unpaired) electrons. The molecule has 51 heavy (non-hydrogen) atoms. The number of carbonyl (C=O) groups excluding carboxylic acids is 5. The van der Waals surface area contributed by atoms with Crippen LogP contribution >= 0.6 is 0 Å². The van der Waals surface area contributed by atoms with Gasteiger partial charge in [-0.3, -0.25) is 19.1 Å². The number of nitrogens with zero attached hydrogens (tertiary/aromatic N) is 1. The van der Waals surface area contributed by atoms with Crippen molar-refractivity contribution < 1.29 is 41.9 Å². The van der Waals surface area contributed by atoms with Crippen LogP contribution in [-0.4, -0.2) is 84.2 Å². The molecule has 13 nitrogen and oxygen atoms in total. The zero-order valence-corrected chi connectivity index (χ0v) is 30.0. The van der Waals surface area contributed by atoms with E-state index in [1.54, 1.807) is 32.9 Å². The molecular formula is C37H46N4O9S. The van der Waals surface area contributed by atoms with Crippen LogP contribution in [0.1, 0.15) is 88.9 Å². The molecule has 1 saturated heterocycles. The number of fused-ring (bicyclic) bond motifs is 3. The highest BCUT2D eigenvalue weighted by Crippen LogP contribution is 2.46. The summed E-state index contributed by atoms with van der Waals surface area (Å²) < 4.78 is 39.0. The van der Waals surface area contributed by atoms with Crippen molar-refractivity contribution in [1.29, 1.82) is 0 Å². The van der Waals surface area contributed by atoms with Crippen molar-refractivity contribution in [3.63, 3.8) is 0 Å². The second kappa shape index (κ2) is 14.3. The number of ether oxygens (including phenoxy) is 2. The van der Waals surface area contributed by atoms with Gasteiger partial charge in [-0.05, 0) is 82.2 Å². The van der Waals surface area contributed by atoms with E-state index in [4.69, 9.17) is 9.47 Å². The summed E-state index contributed by atoms with van der Waals surface area (Å²) in [6.45, 7) is 4.99. The first kappa shape index (κ1) is 36.3. The van der Waals surface area contributed by atoms with Crippen LogP contribution in [0.3, 0.4) is 0 Å². The number of esters is 1. The minimum absolute atomic E-state index is 0.0748. The minimum Gasteiger partial charge on any atom is -0.457 e. The van der Waals surface area contributed by atoms with E-state index in [0.717, 1.165) is 23.6 Å². The molecule has 0 bridgehead atoms. The highest BCUT2D eigenvalue weighted by atomic mass is 32.2. The number of amides is 4. The normalized spacial score (nSPS) is 27.9. The van der Waals surface area contributed by atoms with Crippen LogP contribution in [0.5, 0.6) is 0 Å². The van der Waals surface area contributed by atoms with Gasteiger partial charge in [0.2, 0.25) is 21.8 Å². The van der Waals surface area contributed by atoms with Gasteiger partial charge in [0.1, 0.15) is 29.3 Å². The maximum Gasteiger partial charge on any atom is 0.408 e. The Balaban J connectivity index is 1.27. The van der Waals surface area contributed by atoms with Gasteiger partial charge in [-0.1, -0.05) is 55.3 Å². The quantitative estimate of drug-likeness (QED) is 0.295. The summed E-state index contributed by atoms with van der Waals surface area (Å²) in [5.41, 5.74) is -2.04. The molecule has 0 aromatic heterocycles. The number of alkyl carbamates (subject to hydrolysis) is 1. The first-order chi connectivity index (χ1) is 24.1. The lowest BCUT2D eigenvalue weighted by molar-refractivity contribution is -0.141. The summed E-state index contributed by atoms with van der Waals surface area (Å²) in [5, 5.41) is 6.65. The number of carbonyl (C=O) groups is 5. The standard InChI is InChI=1S/C37H46N4O9S/c1-36(2,3)50-35(46)38-29-14-8-6-4-5-7-13-26-21-37(26,34(45)40-51(47,48)28-17-18-28)39-31(42)30-20-27(22-41(30)32(29)43)49-33(44)25-16-15-23-11-9-10-12-24(23)19-25/h7,9-13,15-16,19,26-30H,4-6,8,14,17-18,20-22H2,1-3H3,(H,38,46)(H,39,42)(H,40,45)/b13-7-/t26-,27+,29-,30-,37+/m0/s1. The minimum atomic E-state index is -3.90. The monoisotopic (exact) mass is 722 g/mol. The fourth-order valence-electron chi connectivity index (χ4n) is 6.83. The zero-order valence-electron chi connectivity index (χ0n) is 29.2. The number of benzene rings is 2. The van der Waals surface area contributed by atoms with E-state index in [1.165, 1.54) is 4.90 Å². The highest BCUT2D eigenvalue weighted by Gasteiger charge is 2.62. The Labute approximate surface area is 297 Å². The molecule has 274 valence electrons. The second-order valence-electron chi connectivity index (χ2n) is 15.0. The van der Waals surface area contributed by atoms with Gasteiger partial charge in [0.25, 0.3) is 5.91 Å². The van der Waals surface area contributed by atoms with E-state index in [2.05, 4.69) is 15.4 Å². The van der Waals surface area contributed by atoms with Crippen molar-refractivity contribution >= 4 is 50.6 Å². The van der Waals surface area contributed by atoms with Gasteiger partial charge in [0, 0.05) is 12.3 Å². The first-order valence-electron chi connectivity index (χ1n) is 17.7. The molecule has 2 saturated carbocycles. The van der Waals surface area contributed by atoms with Gasteiger partial charge in [0.05, 0.1) is 17.4 Å². The average molecular weight is 723 g/mol. The van der Waals surface area contributed by atoms with Crippen molar-refractivity contribution in [3.8, 4) is 0 Å². The van der Waals surface area contributed by atoms with Crippen LogP contribution < -0.4 is 15.4 Å². The van der Waals surface area contributed by atoms with E-state index in [-0.39, 0.29) is 25.8 Å². The molecule has 14 heteroatoms. The van der Waals surface area contributed by atoms with E-state index < -0.39 is 80.3 Å². The number of rotatable bonds is 6. The third-order valence-electron chi connectivity index (χ3n) is 9.79. The summed E-state index contributed by atoms with van der Waals surface area (Å²) >= 11 is 0. The van der Waals surface area contributed by atoms with Crippen LogP contribution in [-0.2, 0) is 33.9 Å². The van der Waals surface area contributed by atoms with Gasteiger partial charge in [0.15, 0.2) is 0 Å². The molecule has 2 heterocycles. The third kappa shape index (κ3) is 8.54. The van der Waals surface area contributed by atoms with Crippen molar-refractivity contribution in [2.75, 3.05) is 6.54 Å². The summed E-state index contributed by atoms with van der Waals surface area (Å²) in [5.74, 6) is -3.14. The molecule has 2 aliphatic heterocycles. The Bertz CT molecular complexity index is 1850. The van der Waals surface area contributed by atoms with Crippen LogP contribution in [0.25, 0.3) is 10.8 Å². The SMILES string of the molecule is CC(C)(C)OC(=O)N[C@H]1CCCCC/C=C\[C@H]2C[C@@]2(C(=O)NS(=O)(=O)C2CC2)NC(=O)[C@@H]2C[C@@H](OC(=O)c3ccc4ccccc4c3)CN2C1=O. The van der Waals surface area contributed by atoms with Crippen molar-refractivity contribution in [2.24, 2.45) is 5.92 Å². The Morgan fingerprint density at radius 1 is 0.980 bits per heavy atom. The number of hydrogen-bond donors (Lipinski definition) is 3. The lowest BCUT2D eigenvalue weighted by atomic mass is 10.0. The molecule has 0 unspecified atom stereocenters. The molecule has 3 N–H and O–H groups in total. The lowest BCUT2D eigenvalue weighted by Crippen LogP contribution is -2.58.